The lowest BCUT2D eigenvalue weighted by molar-refractivity contribution is -0.130. The second-order valence-corrected chi connectivity index (χ2v) is 5.59. The van der Waals surface area contributed by atoms with Crippen LogP contribution in [0.3, 0.4) is 0 Å². The van der Waals surface area contributed by atoms with Crippen molar-refractivity contribution in [2.24, 2.45) is 5.92 Å². The molecule has 0 unspecified atom stereocenters. The maximum absolute atomic E-state index is 12.5. The van der Waals surface area contributed by atoms with Gasteiger partial charge < -0.3 is 9.42 Å². The Kier molecular flexibility index (Phi) is 3.72. The minimum absolute atomic E-state index is 0.165. The highest BCUT2D eigenvalue weighted by Crippen LogP contribution is 2.30. The van der Waals surface area contributed by atoms with Crippen molar-refractivity contribution >= 4 is 16.9 Å². The predicted molar refractivity (Wildman–Crippen MR) is 77.3 cm³/mol. The van der Waals surface area contributed by atoms with Crippen LogP contribution in [0.25, 0.3) is 11.0 Å². The number of hydrogen-bond donors (Lipinski definition) is 0. The first kappa shape index (κ1) is 13.2. The van der Waals surface area contributed by atoms with Crippen LogP contribution in [0, 0.1) is 5.92 Å². The van der Waals surface area contributed by atoms with Gasteiger partial charge in [-0.15, -0.1) is 0 Å². The van der Waals surface area contributed by atoms with Gasteiger partial charge in [-0.2, -0.15) is 0 Å². The molecule has 0 N–H and O–H groups in total. The Hall–Kier alpha value is -1.84. The molecule has 2 aromatic rings. The van der Waals surface area contributed by atoms with Crippen LogP contribution in [-0.2, 0) is 11.2 Å². The van der Waals surface area contributed by atoms with E-state index >= 15 is 0 Å². The lowest BCUT2D eigenvalue weighted by Gasteiger charge is -2.21. The summed E-state index contributed by atoms with van der Waals surface area (Å²) in [4.78, 5) is 14.4. The van der Waals surface area contributed by atoms with Gasteiger partial charge in [-0.1, -0.05) is 24.2 Å². The number of rotatable bonds is 6. The van der Waals surface area contributed by atoms with Crippen LogP contribution in [0.15, 0.2) is 28.8 Å². The van der Waals surface area contributed by atoms with Crippen LogP contribution in [0.2, 0.25) is 0 Å². The monoisotopic (exact) mass is 272 g/mol. The van der Waals surface area contributed by atoms with Gasteiger partial charge in [0.05, 0.1) is 6.42 Å². The van der Waals surface area contributed by atoms with Crippen LogP contribution in [0.5, 0.6) is 0 Å². The number of amides is 1. The lowest BCUT2D eigenvalue weighted by Crippen LogP contribution is -2.34. The summed E-state index contributed by atoms with van der Waals surface area (Å²) in [6.07, 6.45) is 3.86. The second kappa shape index (κ2) is 5.65. The molecule has 0 radical (unpaired) electrons. The number of hydrogen-bond acceptors (Lipinski definition) is 3. The molecule has 4 nitrogen and oxygen atoms in total. The van der Waals surface area contributed by atoms with Gasteiger partial charge in [0.1, 0.15) is 5.69 Å². The summed E-state index contributed by atoms with van der Waals surface area (Å²) in [5.74, 6) is 0.886. The van der Waals surface area contributed by atoms with E-state index in [2.05, 4.69) is 12.1 Å². The van der Waals surface area contributed by atoms with E-state index in [9.17, 15) is 4.79 Å². The molecule has 1 aliphatic carbocycles. The molecule has 20 heavy (non-hydrogen) atoms. The van der Waals surface area contributed by atoms with Crippen molar-refractivity contribution in [3.63, 3.8) is 0 Å². The third-order valence-electron chi connectivity index (χ3n) is 3.79. The van der Waals surface area contributed by atoms with Gasteiger partial charge in [0.25, 0.3) is 0 Å². The van der Waals surface area contributed by atoms with Crippen molar-refractivity contribution in [3.8, 4) is 0 Å². The molecule has 106 valence electrons. The number of aromatic nitrogens is 1. The zero-order valence-corrected chi connectivity index (χ0v) is 11.8. The fourth-order valence-electron chi connectivity index (χ4n) is 2.52. The SMILES string of the molecule is CCCN(CC1CC1)C(=O)Cc1noc2ccccc12. The van der Waals surface area contributed by atoms with E-state index in [0.29, 0.717) is 6.42 Å². The Balaban J connectivity index is 1.72. The molecule has 1 aromatic carbocycles. The van der Waals surface area contributed by atoms with E-state index in [-0.39, 0.29) is 5.91 Å². The summed E-state index contributed by atoms with van der Waals surface area (Å²) < 4.78 is 5.26. The zero-order chi connectivity index (χ0) is 13.9. The van der Waals surface area contributed by atoms with E-state index < -0.39 is 0 Å². The molecular formula is C16H20N2O2. The average molecular weight is 272 g/mol. The molecule has 0 atom stereocenters. The lowest BCUT2D eigenvalue weighted by atomic mass is 10.1. The second-order valence-electron chi connectivity index (χ2n) is 5.59. The molecule has 1 saturated carbocycles. The first-order valence-corrected chi connectivity index (χ1v) is 7.39. The van der Waals surface area contributed by atoms with Crippen LogP contribution in [-0.4, -0.2) is 29.1 Å². The van der Waals surface area contributed by atoms with Crippen molar-refractivity contribution in [2.75, 3.05) is 13.1 Å². The number of carbonyl (C=O) groups excluding carboxylic acids is 1. The van der Waals surface area contributed by atoms with E-state index in [0.717, 1.165) is 42.1 Å². The molecule has 1 aliphatic rings. The minimum atomic E-state index is 0.165. The molecular weight excluding hydrogens is 252 g/mol. The summed E-state index contributed by atoms with van der Waals surface area (Å²) in [6.45, 7) is 3.85. The number of fused-ring (bicyclic) bond motifs is 1. The highest BCUT2D eigenvalue weighted by molar-refractivity contribution is 5.86. The molecule has 4 heteroatoms. The van der Waals surface area contributed by atoms with E-state index in [1.54, 1.807) is 0 Å². The predicted octanol–water partition coefficient (Wildman–Crippen LogP) is 3.02. The van der Waals surface area contributed by atoms with Crippen molar-refractivity contribution in [2.45, 2.75) is 32.6 Å². The van der Waals surface area contributed by atoms with Gasteiger partial charge in [-0.3, -0.25) is 4.79 Å². The number of benzene rings is 1. The normalized spacial score (nSPS) is 14.7. The Labute approximate surface area is 118 Å². The van der Waals surface area contributed by atoms with Crippen molar-refractivity contribution in [3.05, 3.63) is 30.0 Å². The molecule has 0 saturated heterocycles. The third-order valence-corrected chi connectivity index (χ3v) is 3.79. The molecule has 3 rings (SSSR count). The quantitative estimate of drug-likeness (QED) is 0.812. The van der Waals surface area contributed by atoms with Crippen molar-refractivity contribution in [1.82, 2.24) is 10.1 Å². The molecule has 1 heterocycles. The Morgan fingerprint density at radius 1 is 1.40 bits per heavy atom. The zero-order valence-electron chi connectivity index (χ0n) is 11.8. The van der Waals surface area contributed by atoms with Gasteiger partial charge in [-0.05, 0) is 37.3 Å². The number of para-hydroxylation sites is 1. The Morgan fingerprint density at radius 2 is 2.20 bits per heavy atom. The third kappa shape index (κ3) is 2.84. The Morgan fingerprint density at radius 3 is 2.95 bits per heavy atom. The van der Waals surface area contributed by atoms with Crippen molar-refractivity contribution < 1.29 is 9.32 Å². The maximum Gasteiger partial charge on any atom is 0.228 e. The van der Waals surface area contributed by atoms with Gasteiger partial charge in [0.15, 0.2) is 5.58 Å². The van der Waals surface area contributed by atoms with Crippen LogP contribution in [0.1, 0.15) is 31.9 Å². The highest BCUT2D eigenvalue weighted by atomic mass is 16.5. The molecule has 0 spiro atoms. The molecule has 0 aliphatic heterocycles. The van der Waals surface area contributed by atoms with E-state index in [1.807, 2.05) is 29.2 Å². The van der Waals surface area contributed by atoms with Crippen LogP contribution in [0.4, 0.5) is 0 Å². The largest absolute Gasteiger partial charge is 0.356 e. The van der Waals surface area contributed by atoms with Gasteiger partial charge in [-0.25, -0.2) is 0 Å². The fraction of sp³-hybridized carbons (Fsp3) is 0.500. The van der Waals surface area contributed by atoms with Gasteiger partial charge >= 0.3 is 0 Å². The molecule has 1 fully saturated rings. The summed E-state index contributed by atoms with van der Waals surface area (Å²) in [6, 6.07) is 7.70. The maximum atomic E-state index is 12.5. The standard InChI is InChI=1S/C16H20N2O2/c1-2-9-18(11-12-7-8-12)16(19)10-14-13-5-3-4-6-15(13)20-17-14/h3-6,12H,2,7-11H2,1H3. The molecule has 0 bridgehead atoms. The summed E-state index contributed by atoms with van der Waals surface area (Å²) in [7, 11) is 0. The number of carbonyl (C=O) groups is 1. The average Bonchev–Trinajstić information content (AvgIpc) is 3.19. The summed E-state index contributed by atoms with van der Waals surface area (Å²) >= 11 is 0. The molecule has 1 amide bonds. The minimum Gasteiger partial charge on any atom is -0.356 e. The van der Waals surface area contributed by atoms with Crippen molar-refractivity contribution in [1.29, 1.82) is 0 Å². The first-order chi connectivity index (χ1) is 9.78. The van der Waals surface area contributed by atoms with Crippen LogP contribution < -0.4 is 0 Å². The Bertz CT molecular complexity index is 601. The smallest absolute Gasteiger partial charge is 0.228 e. The van der Waals surface area contributed by atoms with Gasteiger partial charge in [0.2, 0.25) is 5.91 Å². The molecule has 1 aromatic heterocycles. The summed E-state index contributed by atoms with van der Waals surface area (Å²) in [5.41, 5.74) is 1.50. The summed E-state index contributed by atoms with van der Waals surface area (Å²) in [5, 5.41) is 5.00. The van der Waals surface area contributed by atoms with E-state index in [4.69, 9.17) is 4.52 Å². The topological polar surface area (TPSA) is 46.3 Å². The fourth-order valence-corrected chi connectivity index (χ4v) is 2.52. The van der Waals surface area contributed by atoms with Crippen LogP contribution >= 0.6 is 0 Å². The number of nitrogens with zero attached hydrogens (tertiary/aromatic N) is 2. The van der Waals surface area contributed by atoms with Gasteiger partial charge in [0, 0.05) is 18.5 Å². The highest BCUT2D eigenvalue weighted by Gasteiger charge is 2.27. The van der Waals surface area contributed by atoms with E-state index in [1.165, 1.54) is 12.8 Å². The first-order valence-electron chi connectivity index (χ1n) is 7.39.